The van der Waals surface area contributed by atoms with Crippen LogP contribution in [0.25, 0.3) is 0 Å². The first-order valence-electron chi connectivity index (χ1n) is 8.61. The molecule has 0 radical (unpaired) electrons. The fourth-order valence-electron chi connectivity index (χ4n) is 3.01. The normalized spacial score (nSPS) is 19.3. The minimum atomic E-state index is -0.332. The first-order chi connectivity index (χ1) is 12.1. The summed E-state index contributed by atoms with van der Waals surface area (Å²) in [4.78, 5) is 12.5. The first-order valence-corrected chi connectivity index (χ1v) is 8.61. The summed E-state index contributed by atoms with van der Waals surface area (Å²) in [6.07, 6.45) is 0.940. The lowest BCUT2D eigenvalue weighted by Crippen LogP contribution is -2.48. The molecule has 1 amide bonds. The molecular weight excluding hydrogens is 355 g/mol. The van der Waals surface area contributed by atoms with Crippen LogP contribution >= 0.6 is 12.4 Å². The third-order valence-electron chi connectivity index (χ3n) is 4.49. The van der Waals surface area contributed by atoms with Gasteiger partial charge >= 0.3 is 0 Å². The monoisotopic (exact) mass is 378 g/mol. The van der Waals surface area contributed by atoms with Crippen molar-refractivity contribution in [3.05, 3.63) is 65.5 Å². The molecule has 2 aromatic rings. The summed E-state index contributed by atoms with van der Waals surface area (Å²) in [6.45, 7) is 4.28. The summed E-state index contributed by atoms with van der Waals surface area (Å²) >= 11 is 0. The molecule has 0 spiro atoms. The van der Waals surface area contributed by atoms with Crippen molar-refractivity contribution < 1.29 is 13.9 Å². The lowest BCUT2D eigenvalue weighted by Gasteiger charge is -2.30. The molecule has 0 aliphatic carbocycles. The number of benzene rings is 2. The van der Waals surface area contributed by atoms with Gasteiger partial charge < -0.3 is 15.4 Å². The van der Waals surface area contributed by atoms with Crippen LogP contribution in [0, 0.1) is 11.7 Å². The van der Waals surface area contributed by atoms with E-state index in [1.54, 1.807) is 18.2 Å². The molecule has 0 saturated carbocycles. The lowest BCUT2D eigenvalue weighted by molar-refractivity contribution is 0.0914. The Morgan fingerprint density at radius 2 is 2.08 bits per heavy atom. The summed E-state index contributed by atoms with van der Waals surface area (Å²) in [5.41, 5.74) is 1.49. The maximum absolute atomic E-state index is 13.2. The Morgan fingerprint density at radius 1 is 1.27 bits per heavy atom. The topological polar surface area (TPSA) is 50.4 Å². The van der Waals surface area contributed by atoms with E-state index in [2.05, 4.69) is 17.6 Å². The van der Waals surface area contributed by atoms with Crippen LogP contribution in [0.1, 0.15) is 29.3 Å². The Bertz CT molecular complexity index is 741. The molecule has 2 atom stereocenters. The van der Waals surface area contributed by atoms with Gasteiger partial charge in [0, 0.05) is 17.7 Å². The van der Waals surface area contributed by atoms with Crippen LogP contribution in [0.2, 0.25) is 0 Å². The zero-order valence-electron chi connectivity index (χ0n) is 14.7. The standard InChI is InChI=1S/C20H23FN2O2.ClH/c1-14-12-22-9-8-19(14)23-20(24)16-5-2-4-15(10-16)13-25-18-7-3-6-17(21)11-18;/h2-7,10-11,14,19,22H,8-9,12-13H2,1H3,(H,23,24);1H. The first kappa shape index (κ1) is 20.2. The van der Waals surface area contributed by atoms with Crippen molar-refractivity contribution in [2.75, 3.05) is 13.1 Å². The second kappa shape index (κ2) is 9.55. The Hall–Kier alpha value is -2.11. The fraction of sp³-hybridized carbons (Fsp3) is 0.350. The van der Waals surface area contributed by atoms with E-state index in [4.69, 9.17) is 4.74 Å². The Morgan fingerprint density at radius 3 is 2.85 bits per heavy atom. The van der Waals surface area contributed by atoms with Gasteiger partial charge in [-0.05, 0) is 55.3 Å². The number of carbonyl (C=O) groups excluding carboxylic acids is 1. The van der Waals surface area contributed by atoms with E-state index in [0.717, 1.165) is 25.1 Å². The number of ether oxygens (including phenoxy) is 1. The molecule has 1 aliphatic rings. The molecule has 1 saturated heterocycles. The lowest BCUT2D eigenvalue weighted by atomic mass is 9.95. The molecule has 1 heterocycles. The Kier molecular flexibility index (Phi) is 7.42. The molecule has 2 aromatic carbocycles. The smallest absolute Gasteiger partial charge is 0.251 e. The molecule has 2 unspecified atom stereocenters. The van der Waals surface area contributed by atoms with Gasteiger partial charge in [0.15, 0.2) is 0 Å². The molecular formula is C20H24ClFN2O2. The number of piperidine rings is 1. The molecule has 6 heteroatoms. The maximum Gasteiger partial charge on any atom is 0.251 e. The van der Waals surface area contributed by atoms with Gasteiger partial charge in [-0.1, -0.05) is 25.1 Å². The molecule has 4 nitrogen and oxygen atoms in total. The van der Waals surface area contributed by atoms with E-state index in [0.29, 0.717) is 17.2 Å². The molecule has 140 valence electrons. The molecule has 2 N–H and O–H groups in total. The highest BCUT2D eigenvalue weighted by atomic mass is 35.5. The Labute approximate surface area is 159 Å². The van der Waals surface area contributed by atoms with E-state index in [1.807, 2.05) is 18.2 Å². The van der Waals surface area contributed by atoms with E-state index in [9.17, 15) is 9.18 Å². The number of carbonyl (C=O) groups is 1. The SMILES string of the molecule is CC1CNCCC1NC(=O)c1cccc(COc2cccc(F)c2)c1.Cl. The molecule has 26 heavy (non-hydrogen) atoms. The predicted molar refractivity (Wildman–Crippen MR) is 102 cm³/mol. The van der Waals surface area contributed by atoms with Gasteiger partial charge in [0.25, 0.3) is 5.91 Å². The number of halogens is 2. The Balaban J connectivity index is 0.00000243. The number of hydrogen-bond acceptors (Lipinski definition) is 3. The second-order valence-corrected chi connectivity index (χ2v) is 6.50. The molecule has 0 aromatic heterocycles. The van der Waals surface area contributed by atoms with Crippen molar-refractivity contribution in [3.63, 3.8) is 0 Å². The number of rotatable bonds is 5. The van der Waals surface area contributed by atoms with Crippen molar-refractivity contribution >= 4 is 18.3 Å². The average Bonchev–Trinajstić information content (AvgIpc) is 2.62. The van der Waals surface area contributed by atoms with Crippen LogP contribution in [0.4, 0.5) is 4.39 Å². The van der Waals surface area contributed by atoms with Gasteiger partial charge in [-0.3, -0.25) is 4.79 Å². The summed E-state index contributed by atoms with van der Waals surface area (Å²) in [7, 11) is 0. The van der Waals surface area contributed by atoms with Crippen LogP contribution in [0.5, 0.6) is 5.75 Å². The van der Waals surface area contributed by atoms with E-state index >= 15 is 0 Å². The van der Waals surface area contributed by atoms with E-state index in [1.165, 1.54) is 12.1 Å². The van der Waals surface area contributed by atoms with Gasteiger partial charge in [-0.15, -0.1) is 12.4 Å². The third-order valence-corrected chi connectivity index (χ3v) is 4.49. The van der Waals surface area contributed by atoms with Crippen molar-refractivity contribution in [3.8, 4) is 5.75 Å². The third kappa shape index (κ3) is 5.44. The van der Waals surface area contributed by atoms with Crippen LogP contribution in [0.15, 0.2) is 48.5 Å². The fourth-order valence-corrected chi connectivity index (χ4v) is 3.01. The van der Waals surface area contributed by atoms with Gasteiger partial charge in [0.05, 0.1) is 0 Å². The quantitative estimate of drug-likeness (QED) is 0.836. The maximum atomic E-state index is 13.2. The largest absolute Gasteiger partial charge is 0.489 e. The summed E-state index contributed by atoms with van der Waals surface area (Å²) in [5, 5.41) is 6.45. The zero-order chi connectivity index (χ0) is 17.6. The minimum absolute atomic E-state index is 0. The molecule has 1 aliphatic heterocycles. The average molecular weight is 379 g/mol. The van der Waals surface area contributed by atoms with E-state index < -0.39 is 0 Å². The number of amides is 1. The van der Waals surface area contributed by atoms with Crippen LogP contribution < -0.4 is 15.4 Å². The van der Waals surface area contributed by atoms with Crippen LogP contribution in [-0.2, 0) is 6.61 Å². The molecule has 0 bridgehead atoms. The van der Waals surface area contributed by atoms with Gasteiger partial charge in [-0.25, -0.2) is 4.39 Å². The van der Waals surface area contributed by atoms with Gasteiger partial charge in [0.1, 0.15) is 18.2 Å². The van der Waals surface area contributed by atoms with Crippen LogP contribution in [0.3, 0.4) is 0 Å². The van der Waals surface area contributed by atoms with Crippen molar-refractivity contribution in [1.29, 1.82) is 0 Å². The highest BCUT2D eigenvalue weighted by molar-refractivity contribution is 5.94. The van der Waals surface area contributed by atoms with Gasteiger partial charge in [0.2, 0.25) is 0 Å². The highest BCUT2D eigenvalue weighted by Crippen LogP contribution is 2.16. The second-order valence-electron chi connectivity index (χ2n) is 6.50. The van der Waals surface area contributed by atoms with Crippen molar-refractivity contribution in [2.45, 2.75) is 26.0 Å². The zero-order valence-corrected chi connectivity index (χ0v) is 15.5. The van der Waals surface area contributed by atoms with E-state index in [-0.39, 0.29) is 36.8 Å². The number of nitrogens with one attached hydrogen (secondary N) is 2. The van der Waals surface area contributed by atoms with Gasteiger partial charge in [-0.2, -0.15) is 0 Å². The summed E-state index contributed by atoms with van der Waals surface area (Å²) in [5.74, 6) is 0.489. The molecule has 3 rings (SSSR count). The predicted octanol–water partition coefficient (Wildman–Crippen LogP) is 3.55. The van der Waals surface area contributed by atoms with Crippen molar-refractivity contribution in [2.24, 2.45) is 5.92 Å². The summed E-state index contributed by atoms with van der Waals surface area (Å²) in [6, 6.07) is 13.6. The van der Waals surface area contributed by atoms with Crippen LogP contribution in [-0.4, -0.2) is 25.0 Å². The van der Waals surface area contributed by atoms with Crippen molar-refractivity contribution in [1.82, 2.24) is 10.6 Å². The highest BCUT2D eigenvalue weighted by Gasteiger charge is 2.23. The minimum Gasteiger partial charge on any atom is -0.489 e. The molecule has 1 fully saturated rings. The summed E-state index contributed by atoms with van der Waals surface area (Å²) < 4.78 is 18.8. The number of hydrogen-bond donors (Lipinski definition) is 2.